The number of halogens is 1. The molecule has 0 unspecified atom stereocenters. The van der Waals surface area contributed by atoms with Gasteiger partial charge in [-0.2, -0.15) is 0 Å². The SMILES string of the molecule is CC/C=C\C/C=C\CCCN1CC[N+](C)=C1Cl. The number of unbranched alkanes of at least 4 members (excludes halogenated alkanes) is 1. The standard InChI is InChI=1S/C14H24ClN2/c1-3-4-5-6-7-8-9-10-11-17-13-12-16(2)14(17)15/h4-5,7-8H,3,6,9-13H2,1-2H3/q+1/b5-4-,8-7-. The van der Waals surface area contributed by atoms with Gasteiger partial charge in [-0.25, -0.2) is 4.90 Å². The monoisotopic (exact) mass is 255 g/mol. The zero-order valence-electron chi connectivity index (χ0n) is 11.0. The Morgan fingerprint density at radius 1 is 1.29 bits per heavy atom. The molecule has 96 valence electrons. The topological polar surface area (TPSA) is 6.25 Å². The summed E-state index contributed by atoms with van der Waals surface area (Å²) in [4.78, 5) is 2.26. The first-order chi connectivity index (χ1) is 8.25. The molecule has 0 bridgehead atoms. The first-order valence-electron chi connectivity index (χ1n) is 6.54. The minimum absolute atomic E-state index is 0.903. The van der Waals surface area contributed by atoms with Crippen molar-refractivity contribution in [1.29, 1.82) is 0 Å². The van der Waals surface area contributed by atoms with Crippen LogP contribution in [0.1, 0.15) is 32.6 Å². The van der Waals surface area contributed by atoms with Gasteiger partial charge in [-0.15, -0.1) is 0 Å². The molecule has 2 nitrogen and oxygen atoms in total. The van der Waals surface area contributed by atoms with Crippen LogP contribution in [0.2, 0.25) is 0 Å². The average Bonchev–Trinajstić information content (AvgIpc) is 2.64. The van der Waals surface area contributed by atoms with Crippen molar-refractivity contribution in [1.82, 2.24) is 4.90 Å². The third-order valence-corrected chi connectivity index (χ3v) is 3.45. The van der Waals surface area contributed by atoms with Gasteiger partial charge < -0.3 is 0 Å². The van der Waals surface area contributed by atoms with Crippen molar-refractivity contribution >= 4 is 16.9 Å². The van der Waals surface area contributed by atoms with Crippen LogP contribution in [0.3, 0.4) is 0 Å². The van der Waals surface area contributed by atoms with E-state index in [1.165, 1.54) is 6.42 Å². The third kappa shape index (κ3) is 5.40. The van der Waals surface area contributed by atoms with Gasteiger partial charge in [0, 0.05) is 11.6 Å². The molecule has 0 aliphatic carbocycles. The quantitative estimate of drug-likeness (QED) is 0.293. The van der Waals surface area contributed by atoms with Crippen molar-refractivity contribution in [2.75, 3.05) is 26.7 Å². The molecule has 0 fully saturated rings. The van der Waals surface area contributed by atoms with E-state index in [9.17, 15) is 0 Å². The van der Waals surface area contributed by atoms with E-state index in [4.69, 9.17) is 11.6 Å². The molecule has 0 aromatic heterocycles. The first-order valence-corrected chi connectivity index (χ1v) is 6.92. The molecule has 0 atom stereocenters. The Morgan fingerprint density at radius 2 is 2.06 bits per heavy atom. The lowest BCUT2D eigenvalue weighted by molar-refractivity contribution is -0.484. The number of hydrogen-bond acceptors (Lipinski definition) is 1. The van der Waals surface area contributed by atoms with E-state index < -0.39 is 0 Å². The molecule has 0 aromatic rings. The largest absolute Gasteiger partial charge is 0.345 e. The number of rotatable bonds is 7. The molecule has 1 heterocycles. The molecule has 0 N–H and O–H groups in total. The second kappa shape index (κ2) is 8.35. The van der Waals surface area contributed by atoms with Crippen molar-refractivity contribution in [3.05, 3.63) is 24.3 Å². The lowest BCUT2D eigenvalue weighted by Crippen LogP contribution is -2.25. The minimum Gasteiger partial charge on any atom is -0.250 e. The number of likely N-dealkylation sites (N-methyl/N-ethyl adjacent to an activating group) is 1. The summed E-state index contributed by atoms with van der Waals surface area (Å²) in [5, 5.41) is 0.903. The summed E-state index contributed by atoms with van der Waals surface area (Å²) >= 11 is 6.17. The summed E-state index contributed by atoms with van der Waals surface area (Å²) in [6.45, 7) is 5.35. The maximum absolute atomic E-state index is 6.17. The zero-order valence-corrected chi connectivity index (χ0v) is 11.8. The van der Waals surface area contributed by atoms with Crippen LogP contribution in [0, 0.1) is 0 Å². The van der Waals surface area contributed by atoms with E-state index in [0.29, 0.717) is 0 Å². The molecule has 0 saturated heterocycles. The summed E-state index contributed by atoms with van der Waals surface area (Å²) < 4.78 is 2.10. The van der Waals surface area contributed by atoms with E-state index in [1.54, 1.807) is 0 Å². The zero-order chi connectivity index (χ0) is 12.5. The van der Waals surface area contributed by atoms with E-state index in [2.05, 4.69) is 40.7 Å². The third-order valence-electron chi connectivity index (χ3n) is 2.92. The van der Waals surface area contributed by atoms with Gasteiger partial charge in [0.2, 0.25) is 0 Å². The summed E-state index contributed by atoms with van der Waals surface area (Å²) in [5.74, 6) is 0. The lowest BCUT2D eigenvalue weighted by atomic mass is 10.2. The fourth-order valence-electron chi connectivity index (χ4n) is 1.86. The predicted molar refractivity (Wildman–Crippen MR) is 75.9 cm³/mol. The van der Waals surface area contributed by atoms with E-state index in [-0.39, 0.29) is 0 Å². The molecule has 0 amide bonds. The first kappa shape index (κ1) is 14.3. The van der Waals surface area contributed by atoms with Gasteiger partial charge >= 0.3 is 5.29 Å². The summed E-state index contributed by atoms with van der Waals surface area (Å²) in [6, 6.07) is 0. The maximum Gasteiger partial charge on any atom is 0.345 e. The van der Waals surface area contributed by atoms with Crippen molar-refractivity contribution in [3.8, 4) is 0 Å². The molecule has 0 spiro atoms. The second-order valence-electron chi connectivity index (χ2n) is 4.41. The van der Waals surface area contributed by atoms with Crippen molar-refractivity contribution < 1.29 is 4.58 Å². The highest BCUT2D eigenvalue weighted by atomic mass is 35.5. The van der Waals surface area contributed by atoms with Crippen LogP contribution in [-0.4, -0.2) is 41.5 Å². The molecule has 1 rings (SSSR count). The van der Waals surface area contributed by atoms with Crippen molar-refractivity contribution in [2.24, 2.45) is 0 Å². The maximum atomic E-state index is 6.17. The Morgan fingerprint density at radius 3 is 2.71 bits per heavy atom. The van der Waals surface area contributed by atoms with E-state index in [0.717, 1.165) is 44.2 Å². The predicted octanol–water partition coefficient (Wildman–Crippen LogP) is 3.23. The van der Waals surface area contributed by atoms with E-state index in [1.807, 2.05) is 7.05 Å². The molecule has 0 aromatic carbocycles. The Hall–Kier alpha value is -0.760. The highest BCUT2D eigenvalue weighted by Gasteiger charge is 2.25. The summed E-state index contributed by atoms with van der Waals surface area (Å²) in [6.07, 6.45) is 13.5. The van der Waals surface area contributed by atoms with Crippen LogP contribution in [0.5, 0.6) is 0 Å². The van der Waals surface area contributed by atoms with Gasteiger partial charge in [0.05, 0.1) is 13.6 Å². The smallest absolute Gasteiger partial charge is 0.250 e. The van der Waals surface area contributed by atoms with Gasteiger partial charge in [0.1, 0.15) is 13.1 Å². The Kier molecular flexibility index (Phi) is 7.02. The summed E-state index contributed by atoms with van der Waals surface area (Å²) in [7, 11) is 2.04. The highest BCUT2D eigenvalue weighted by molar-refractivity contribution is 6.63. The molecular weight excluding hydrogens is 232 g/mol. The number of hydrogen-bond donors (Lipinski definition) is 0. The fourth-order valence-corrected chi connectivity index (χ4v) is 2.11. The van der Waals surface area contributed by atoms with Gasteiger partial charge in [-0.1, -0.05) is 31.2 Å². The Labute approximate surface area is 110 Å². The molecule has 0 radical (unpaired) electrons. The fraction of sp³-hybridized carbons (Fsp3) is 0.643. The minimum atomic E-state index is 0.903. The molecule has 1 aliphatic rings. The van der Waals surface area contributed by atoms with Gasteiger partial charge in [-0.3, -0.25) is 4.58 Å². The van der Waals surface area contributed by atoms with Crippen LogP contribution >= 0.6 is 11.6 Å². The molecular formula is C14H24ClN2+. The van der Waals surface area contributed by atoms with Gasteiger partial charge in [0.15, 0.2) is 0 Å². The normalized spacial score (nSPS) is 17.0. The van der Waals surface area contributed by atoms with Crippen molar-refractivity contribution in [2.45, 2.75) is 32.6 Å². The second-order valence-corrected chi connectivity index (χ2v) is 4.74. The molecule has 0 saturated carbocycles. The van der Waals surface area contributed by atoms with E-state index >= 15 is 0 Å². The molecule has 1 aliphatic heterocycles. The van der Waals surface area contributed by atoms with Gasteiger partial charge in [0.25, 0.3) is 0 Å². The number of nitrogens with zero attached hydrogens (tertiary/aromatic N) is 2. The Balaban J connectivity index is 2.07. The highest BCUT2D eigenvalue weighted by Crippen LogP contribution is 2.06. The Bertz CT molecular complexity index is 305. The summed E-state index contributed by atoms with van der Waals surface area (Å²) in [5.41, 5.74) is 0. The number of allylic oxidation sites excluding steroid dienone is 4. The molecule has 3 heteroatoms. The van der Waals surface area contributed by atoms with Crippen LogP contribution < -0.4 is 0 Å². The van der Waals surface area contributed by atoms with Crippen LogP contribution in [0.25, 0.3) is 0 Å². The molecule has 17 heavy (non-hydrogen) atoms. The van der Waals surface area contributed by atoms with Crippen LogP contribution in [-0.2, 0) is 0 Å². The van der Waals surface area contributed by atoms with Crippen LogP contribution in [0.4, 0.5) is 0 Å². The lowest BCUT2D eigenvalue weighted by Gasteiger charge is -2.07. The number of amidine groups is 1. The average molecular weight is 256 g/mol. The van der Waals surface area contributed by atoms with Gasteiger partial charge in [-0.05, 0) is 25.7 Å². The van der Waals surface area contributed by atoms with Crippen molar-refractivity contribution in [3.63, 3.8) is 0 Å². The van der Waals surface area contributed by atoms with Crippen LogP contribution in [0.15, 0.2) is 24.3 Å².